The van der Waals surface area contributed by atoms with Gasteiger partial charge >= 0.3 is 0 Å². The topological polar surface area (TPSA) is 33.7 Å². The van der Waals surface area contributed by atoms with Gasteiger partial charge in [-0.2, -0.15) is 0 Å². The highest BCUT2D eigenvalue weighted by Crippen LogP contribution is 2.24. The van der Waals surface area contributed by atoms with E-state index < -0.39 is 0 Å². The molecule has 1 fully saturated rings. The number of hydrogen-bond acceptors (Lipinski definition) is 4. The molecule has 0 radical (unpaired) electrons. The lowest BCUT2D eigenvalue weighted by atomic mass is 10.2. The summed E-state index contributed by atoms with van der Waals surface area (Å²) in [7, 11) is 0. The summed E-state index contributed by atoms with van der Waals surface area (Å²) in [6, 6.07) is 12.4. The fourth-order valence-electron chi connectivity index (χ4n) is 2.85. The highest BCUT2D eigenvalue weighted by atomic mass is 79.9. The van der Waals surface area contributed by atoms with Gasteiger partial charge in [0.05, 0.1) is 13.2 Å². The van der Waals surface area contributed by atoms with Crippen LogP contribution in [0.5, 0.6) is 5.75 Å². The molecule has 1 aliphatic heterocycles. The van der Waals surface area contributed by atoms with Crippen LogP contribution in [0.2, 0.25) is 0 Å². The van der Waals surface area contributed by atoms with E-state index >= 15 is 0 Å². The molecular formula is C20H24BrFN2O2. The van der Waals surface area contributed by atoms with Crippen molar-refractivity contribution in [3.8, 4) is 5.75 Å². The zero-order chi connectivity index (χ0) is 18.2. The number of halogens is 2. The molecule has 0 unspecified atom stereocenters. The summed E-state index contributed by atoms with van der Waals surface area (Å²) in [4.78, 5) is 2.41. The van der Waals surface area contributed by atoms with Gasteiger partial charge in [0, 0.05) is 42.8 Å². The lowest BCUT2D eigenvalue weighted by Gasteiger charge is -2.26. The number of hydrogen-bond donors (Lipinski definition) is 1. The molecule has 1 heterocycles. The molecule has 4 nitrogen and oxygen atoms in total. The highest BCUT2D eigenvalue weighted by molar-refractivity contribution is 9.10. The Morgan fingerprint density at radius 1 is 1.12 bits per heavy atom. The minimum atomic E-state index is -0.234. The van der Waals surface area contributed by atoms with Crippen molar-refractivity contribution in [2.24, 2.45) is 0 Å². The number of rotatable bonds is 8. The van der Waals surface area contributed by atoms with Crippen LogP contribution in [0.1, 0.15) is 11.1 Å². The van der Waals surface area contributed by atoms with Crippen molar-refractivity contribution >= 4 is 15.9 Å². The van der Waals surface area contributed by atoms with Crippen LogP contribution in [-0.4, -0.2) is 44.3 Å². The molecule has 0 atom stereocenters. The van der Waals surface area contributed by atoms with Gasteiger partial charge in [-0.05, 0) is 35.9 Å². The molecule has 26 heavy (non-hydrogen) atoms. The predicted molar refractivity (Wildman–Crippen MR) is 104 cm³/mol. The molecule has 1 saturated heterocycles. The molecule has 3 rings (SSSR count). The van der Waals surface area contributed by atoms with Crippen LogP contribution in [0.15, 0.2) is 46.9 Å². The van der Waals surface area contributed by atoms with E-state index in [0.717, 1.165) is 67.3 Å². The first-order valence-electron chi connectivity index (χ1n) is 8.87. The molecule has 0 aliphatic carbocycles. The van der Waals surface area contributed by atoms with E-state index in [1.54, 1.807) is 12.1 Å². The average molecular weight is 423 g/mol. The van der Waals surface area contributed by atoms with Crippen LogP contribution < -0.4 is 10.1 Å². The maximum Gasteiger partial charge on any atom is 0.124 e. The van der Waals surface area contributed by atoms with Crippen molar-refractivity contribution in [3.63, 3.8) is 0 Å². The lowest BCUT2D eigenvalue weighted by Crippen LogP contribution is -2.40. The Morgan fingerprint density at radius 2 is 1.88 bits per heavy atom. The summed E-state index contributed by atoms with van der Waals surface area (Å²) in [5, 5.41) is 3.49. The van der Waals surface area contributed by atoms with Crippen molar-refractivity contribution in [2.75, 3.05) is 39.4 Å². The molecule has 1 aliphatic rings. The zero-order valence-corrected chi connectivity index (χ0v) is 16.3. The largest absolute Gasteiger partial charge is 0.489 e. The summed E-state index contributed by atoms with van der Waals surface area (Å²) in [6.45, 7) is 6.76. The molecule has 6 heteroatoms. The molecular weight excluding hydrogens is 399 g/mol. The fraction of sp³-hybridized carbons (Fsp3) is 0.400. The first-order chi connectivity index (χ1) is 12.7. The van der Waals surface area contributed by atoms with Crippen LogP contribution in [0.3, 0.4) is 0 Å². The third-order valence-corrected chi connectivity index (χ3v) is 4.85. The normalized spacial score (nSPS) is 15.2. The second-order valence-corrected chi connectivity index (χ2v) is 7.21. The van der Waals surface area contributed by atoms with E-state index in [-0.39, 0.29) is 5.82 Å². The van der Waals surface area contributed by atoms with Crippen LogP contribution in [-0.2, 0) is 17.9 Å². The Bertz CT molecular complexity index is 691. The Kier molecular flexibility index (Phi) is 7.43. The number of morpholine rings is 1. The quantitative estimate of drug-likeness (QED) is 0.659. The van der Waals surface area contributed by atoms with Crippen molar-refractivity contribution in [2.45, 2.75) is 13.2 Å². The molecule has 140 valence electrons. The van der Waals surface area contributed by atoms with E-state index in [9.17, 15) is 4.39 Å². The van der Waals surface area contributed by atoms with Gasteiger partial charge in [0.1, 0.15) is 18.2 Å². The summed E-state index contributed by atoms with van der Waals surface area (Å²) in [5.74, 6) is 0.610. The van der Waals surface area contributed by atoms with Crippen molar-refractivity contribution < 1.29 is 13.9 Å². The van der Waals surface area contributed by atoms with Gasteiger partial charge in [-0.25, -0.2) is 4.39 Å². The smallest absolute Gasteiger partial charge is 0.124 e. The molecule has 2 aromatic rings. The molecule has 0 aromatic heterocycles. The van der Waals surface area contributed by atoms with E-state index in [4.69, 9.17) is 9.47 Å². The van der Waals surface area contributed by atoms with E-state index in [1.165, 1.54) is 12.1 Å². The van der Waals surface area contributed by atoms with Crippen LogP contribution in [0, 0.1) is 5.82 Å². The van der Waals surface area contributed by atoms with Gasteiger partial charge in [0.25, 0.3) is 0 Å². The Hall–Kier alpha value is -1.47. The van der Waals surface area contributed by atoms with Gasteiger partial charge in [-0.3, -0.25) is 4.90 Å². The Balaban J connectivity index is 1.50. The molecule has 1 N–H and O–H groups in total. The molecule has 0 saturated carbocycles. The molecule has 0 bridgehead atoms. The van der Waals surface area contributed by atoms with Crippen molar-refractivity contribution in [1.82, 2.24) is 10.2 Å². The molecule has 0 amide bonds. The monoisotopic (exact) mass is 422 g/mol. The number of nitrogens with zero attached hydrogens (tertiary/aromatic N) is 1. The average Bonchev–Trinajstić information content (AvgIpc) is 2.67. The van der Waals surface area contributed by atoms with Crippen molar-refractivity contribution in [1.29, 1.82) is 0 Å². The SMILES string of the molecule is Fc1ccc(COc2ccc(Br)cc2CNCCN2CCOCC2)cc1. The fourth-order valence-corrected chi connectivity index (χ4v) is 3.26. The Morgan fingerprint density at radius 3 is 2.65 bits per heavy atom. The van der Waals surface area contributed by atoms with Crippen LogP contribution in [0.25, 0.3) is 0 Å². The summed E-state index contributed by atoms with van der Waals surface area (Å²) >= 11 is 3.52. The zero-order valence-electron chi connectivity index (χ0n) is 14.7. The maximum atomic E-state index is 13.0. The second kappa shape index (κ2) is 10.0. The van der Waals surface area contributed by atoms with Gasteiger partial charge < -0.3 is 14.8 Å². The summed E-state index contributed by atoms with van der Waals surface area (Å²) < 4.78 is 25.4. The van der Waals surface area contributed by atoms with Gasteiger partial charge in [-0.15, -0.1) is 0 Å². The number of benzene rings is 2. The predicted octanol–water partition coefficient (Wildman–Crippen LogP) is 3.59. The third-order valence-electron chi connectivity index (χ3n) is 4.35. The van der Waals surface area contributed by atoms with Gasteiger partial charge in [-0.1, -0.05) is 28.1 Å². The van der Waals surface area contributed by atoms with Gasteiger partial charge in [0.15, 0.2) is 0 Å². The number of ether oxygens (including phenoxy) is 2. The highest BCUT2D eigenvalue weighted by Gasteiger charge is 2.10. The van der Waals surface area contributed by atoms with E-state index in [2.05, 4.69) is 32.2 Å². The minimum Gasteiger partial charge on any atom is -0.489 e. The lowest BCUT2D eigenvalue weighted by molar-refractivity contribution is 0.0384. The molecule has 2 aromatic carbocycles. The van der Waals surface area contributed by atoms with E-state index in [0.29, 0.717) is 6.61 Å². The van der Waals surface area contributed by atoms with E-state index in [1.807, 2.05) is 12.1 Å². The molecule has 0 spiro atoms. The third kappa shape index (κ3) is 6.06. The summed E-state index contributed by atoms with van der Waals surface area (Å²) in [6.07, 6.45) is 0. The second-order valence-electron chi connectivity index (χ2n) is 6.30. The minimum absolute atomic E-state index is 0.234. The Labute approximate surface area is 162 Å². The van der Waals surface area contributed by atoms with Crippen molar-refractivity contribution in [3.05, 3.63) is 63.9 Å². The van der Waals surface area contributed by atoms with Crippen LogP contribution >= 0.6 is 15.9 Å². The summed E-state index contributed by atoms with van der Waals surface area (Å²) in [5.41, 5.74) is 2.05. The number of nitrogens with one attached hydrogen (secondary N) is 1. The standard InChI is InChI=1S/C20H24BrFN2O2/c21-18-3-6-20(26-15-16-1-4-19(22)5-2-16)17(13-18)14-23-7-8-24-9-11-25-12-10-24/h1-6,13,23H,7-12,14-15H2. The van der Waals surface area contributed by atoms with Crippen LogP contribution in [0.4, 0.5) is 4.39 Å². The maximum absolute atomic E-state index is 13.0. The first kappa shape index (κ1) is 19.3. The van der Waals surface area contributed by atoms with Gasteiger partial charge in [0.2, 0.25) is 0 Å². The first-order valence-corrected chi connectivity index (χ1v) is 9.66.